The Bertz CT molecular complexity index is 1670. The van der Waals surface area contributed by atoms with Gasteiger partial charge in [0.25, 0.3) is 10.0 Å². The number of halogens is 7. The van der Waals surface area contributed by atoms with Gasteiger partial charge in [-0.05, 0) is 62.7 Å². The van der Waals surface area contributed by atoms with Gasteiger partial charge in [-0.15, -0.1) is 11.3 Å². The molecule has 0 atom stereocenters. The summed E-state index contributed by atoms with van der Waals surface area (Å²) in [6.45, 7) is 5.06. The quantitative estimate of drug-likeness (QED) is 0.237. The molecule has 0 radical (unpaired) electrons. The van der Waals surface area contributed by atoms with Crippen LogP contribution in [0.1, 0.15) is 32.0 Å². The van der Waals surface area contributed by atoms with E-state index in [0.717, 1.165) is 17.4 Å². The first-order valence-corrected chi connectivity index (χ1v) is 13.7. The lowest BCUT2D eigenvalue weighted by atomic mass is 10.1. The van der Waals surface area contributed by atoms with Crippen LogP contribution in [0.2, 0.25) is 0 Å². The van der Waals surface area contributed by atoms with Crippen LogP contribution in [0, 0.1) is 5.82 Å². The number of rotatable bonds is 5. The van der Waals surface area contributed by atoms with E-state index in [4.69, 9.17) is 0 Å². The smallest absolute Gasteiger partial charge is 0.228 e. The van der Waals surface area contributed by atoms with Crippen LogP contribution in [0.5, 0.6) is 0 Å². The lowest BCUT2D eigenvalue weighted by molar-refractivity contribution is -0.141. The summed E-state index contributed by atoms with van der Waals surface area (Å²) in [7, 11) is -3.82. The molecule has 0 aliphatic rings. The summed E-state index contributed by atoms with van der Waals surface area (Å²) < 4.78 is 122. The second-order valence-corrected chi connectivity index (χ2v) is 12.7. The average Bonchev–Trinajstić information content (AvgIpc) is 3.33. The largest absolute Gasteiger partial charge is 0.433 e. The van der Waals surface area contributed by atoms with E-state index in [1.165, 1.54) is 24.3 Å². The predicted octanol–water partition coefficient (Wildman–Crippen LogP) is 7.79. The van der Waals surface area contributed by atoms with Crippen LogP contribution in [-0.4, -0.2) is 23.9 Å². The van der Waals surface area contributed by atoms with Crippen LogP contribution in [0.15, 0.2) is 64.9 Å². The zero-order valence-electron chi connectivity index (χ0n) is 20.9. The maximum absolute atomic E-state index is 14.2. The second-order valence-electron chi connectivity index (χ2n) is 9.71. The number of thiophene rings is 1. The average molecular weight is 604 g/mol. The third kappa shape index (κ3) is 6.67. The van der Waals surface area contributed by atoms with Crippen molar-refractivity contribution >= 4 is 21.4 Å². The minimum atomic E-state index is -4.99. The first-order valence-electron chi connectivity index (χ1n) is 11.4. The predicted molar refractivity (Wildman–Crippen MR) is 136 cm³/mol. The highest BCUT2D eigenvalue weighted by atomic mass is 32.2. The van der Waals surface area contributed by atoms with Crippen LogP contribution >= 0.6 is 11.3 Å². The summed E-state index contributed by atoms with van der Waals surface area (Å²) in [5, 5.41) is 0. The third-order valence-corrected chi connectivity index (χ3v) is 8.66. The number of sulfonamides is 1. The van der Waals surface area contributed by atoms with Crippen molar-refractivity contribution in [1.82, 2.24) is 14.7 Å². The van der Waals surface area contributed by atoms with Gasteiger partial charge in [0.15, 0.2) is 5.82 Å². The highest BCUT2D eigenvalue weighted by molar-refractivity contribution is 7.91. The molecule has 5 nitrogen and oxygen atoms in total. The molecule has 4 rings (SSSR count). The van der Waals surface area contributed by atoms with Crippen LogP contribution in [0.4, 0.5) is 30.7 Å². The Morgan fingerprint density at radius 2 is 1.45 bits per heavy atom. The molecule has 2 aromatic heterocycles. The number of benzene rings is 2. The molecule has 0 fully saturated rings. The van der Waals surface area contributed by atoms with Gasteiger partial charge in [0.05, 0.1) is 11.3 Å². The van der Waals surface area contributed by atoms with E-state index in [1.807, 2.05) is 0 Å². The van der Waals surface area contributed by atoms with Gasteiger partial charge < -0.3 is 0 Å². The van der Waals surface area contributed by atoms with Crippen molar-refractivity contribution in [2.75, 3.05) is 0 Å². The van der Waals surface area contributed by atoms with E-state index in [1.54, 1.807) is 32.9 Å². The van der Waals surface area contributed by atoms with Crippen molar-refractivity contribution < 1.29 is 39.2 Å². The molecular weight excluding hydrogens is 583 g/mol. The Kier molecular flexibility index (Phi) is 7.58. The van der Waals surface area contributed by atoms with Crippen LogP contribution in [0.25, 0.3) is 33.1 Å². The fourth-order valence-corrected chi connectivity index (χ4v) is 6.38. The molecule has 0 aliphatic heterocycles. The second kappa shape index (κ2) is 10.2. The molecule has 0 amide bonds. The topological polar surface area (TPSA) is 72.0 Å². The number of nitrogens with one attached hydrogen (secondary N) is 1. The Balaban J connectivity index is 1.78. The van der Waals surface area contributed by atoms with E-state index < -0.39 is 56.5 Å². The molecule has 0 unspecified atom stereocenters. The van der Waals surface area contributed by atoms with Crippen LogP contribution < -0.4 is 4.72 Å². The standard InChI is InChI=1S/C26H20F7N3O2S2/c1-24(2,3)36-40(37,38)22-10-9-20(39-22)15-5-4-6-16(11-15)23-34-19(13-21(35-23)26(31,32)33)14-7-8-17(18(27)12-14)25(28,29)30/h4-13,36H,1-3H3. The molecule has 212 valence electrons. The summed E-state index contributed by atoms with van der Waals surface area (Å²) in [6, 6.07) is 11.2. The number of hydrogen-bond acceptors (Lipinski definition) is 5. The normalized spacial score (nSPS) is 13.1. The van der Waals surface area contributed by atoms with E-state index >= 15 is 0 Å². The molecular formula is C26H20F7N3O2S2. The van der Waals surface area contributed by atoms with Crippen molar-refractivity contribution in [2.45, 2.75) is 42.9 Å². The van der Waals surface area contributed by atoms with E-state index in [9.17, 15) is 39.2 Å². The summed E-state index contributed by atoms with van der Waals surface area (Å²) in [6.07, 6.45) is -9.92. The summed E-state index contributed by atoms with van der Waals surface area (Å²) >= 11 is 0.945. The summed E-state index contributed by atoms with van der Waals surface area (Å²) in [5.74, 6) is -2.07. The molecule has 4 aromatic rings. The van der Waals surface area contributed by atoms with Gasteiger partial charge in [0.1, 0.15) is 15.7 Å². The minimum absolute atomic E-state index is 0.0322. The first-order chi connectivity index (χ1) is 18.3. The van der Waals surface area contributed by atoms with Gasteiger partial charge in [0, 0.05) is 21.5 Å². The van der Waals surface area contributed by atoms with Crippen molar-refractivity contribution in [3.63, 3.8) is 0 Å². The number of hydrogen-bond donors (Lipinski definition) is 1. The Morgan fingerprint density at radius 3 is 2.05 bits per heavy atom. The molecule has 2 heterocycles. The van der Waals surface area contributed by atoms with Crippen molar-refractivity contribution in [3.05, 3.63) is 77.7 Å². The first kappa shape index (κ1) is 29.6. The highest BCUT2D eigenvalue weighted by Gasteiger charge is 2.36. The molecule has 0 bridgehead atoms. The van der Waals surface area contributed by atoms with Crippen molar-refractivity contribution in [3.8, 4) is 33.1 Å². The summed E-state index contributed by atoms with van der Waals surface area (Å²) in [4.78, 5) is 8.16. The molecule has 0 saturated carbocycles. The van der Waals surface area contributed by atoms with Gasteiger partial charge in [0.2, 0.25) is 0 Å². The van der Waals surface area contributed by atoms with Crippen LogP contribution in [-0.2, 0) is 22.4 Å². The number of alkyl halides is 6. The lowest BCUT2D eigenvalue weighted by Crippen LogP contribution is -2.40. The molecule has 0 saturated heterocycles. The Morgan fingerprint density at radius 1 is 0.775 bits per heavy atom. The lowest BCUT2D eigenvalue weighted by Gasteiger charge is -2.19. The highest BCUT2D eigenvalue weighted by Crippen LogP contribution is 2.37. The van der Waals surface area contributed by atoms with Gasteiger partial charge >= 0.3 is 12.4 Å². The molecule has 1 N–H and O–H groups in total. The molecule has 0 aliphatic carbocycles. The zero-order chi connectivity index (χ0) is 29.7. The number of nitrogens with zero attached hydrogens (tertiary/aromatic N) is 2. The van der Waals surface area contributed by atoms with E-state index in [-0.39, 0.29) is 15.3 Å². The van der Waals surface area contributed by atoms with Gasteiger partial charge in [-0.3, -0.25) is 0 Å². The third-order valence-electron chi connectivity index (χ3n) is 5.28. The molecule has 14 heteroatoms. The van der Waals surface area contributed by atoms with E-state index in [0.29, 0.717) is 28.6 Å². The fraction of sp³-hybridized carbons (Fsp3) is 0.231. The maximum atomic E-state index is 14.2. The molecule has 40 heavy (non-hydrogen) atoms. The Hall–Kier alpha value is -3.36. The van der Waals surface area contributed by atoms with E-state index in [2.05, 4.69) is 14.7 Å². The van der Waals surface area contributed by atoms with Gasteiger partial charge in [-0.2, -0.15) is 26.3 Å². The Labute approximate surface area is 228 Å². The zero-order valence-corrected chi connectivity index (χ0v) is 22.6. The summed E-state index contributed by atoms with van der Waals surface area (Å²) in [5.41, 5.74) is -3.84. The minimum Gasteiger partial charge on any atom is -0.228 e. The maximum Gasteiger partial charge on any atom is 0.433 e. The molecule has 0 spiro atoms. The fourth-order valence-electron chi connectivity index (χ4n) is 3.66. The van der Waals surface area contributed by atoms with Crippen LogP contribution in [0.3, 0.4) is 0 Å². The van der Waals surface area contributed by atoms with Gasteiger partial charge in [-0.25, -0.2) is 27.5 Å². The van der Waals surface area contributed by atoms with Gasteiger partial charge in [-0.1, -0.05) is 24.3 Å². The monoisotopic (exact) mass is 603 g/mol. The van der Waals surface area contributed by atoms with Crippen molar-refractivity contribution in [1.29, 1.82) is 0 Å². The number of aromatic nitrogens is 2. The molecule has 2 aromatic carbocycles. The van der Waals surface area contributed by atoms with Crippen molar-refractivity contribution in [2.24, 2.45) is 0 Å². The SMILES string of the molecule is CC(C)(C)NS(=O)(=O)c1ccc(-c2cccc(-c3nc(-c4ccc(C(F)(F)F)c(F)c4)cc(C(F)(F)F)n3)c2)s1.